The van der Waals surface area contributed by atoms with Crippen LogP contribution in [0, 0.1) is 28.6 Å². The highest BCUT2D eigenvalue weighted by molar-refractivity contribution is 7.80. The van der Waals surface area contributed by atoms with Gasteiger partial charge in [-0.25, -0.2) is 4.79 Å². The first-order valence-electron chi connectivity index (χ1n) is 50.9. The Morgan fingerprint density at radius 1 is 0.433 bits per heavy atom. The minimum absolute atomic E-state index is 0.0267. The number of carbonyl (C=O) groups is 18. The fourth-order valence-electron chi connectivity index (χ4n) is 17.8. The van der Waals surface area contributed by atoms with E-state index in [0.29, 0.717) is 59.7 Å². The maximum Gasteiger partial charge on any atom is 0.326 e. The minimum atomic E-state index is -1.92. The van der Waals surface area contributed by atoms with Crippen LogP contribution in [0.4, 0.5) is 0 Å². The fourth-order valence-corrected chi connectivity index (χ4v) is 18.3. The number of benzene rings is 3. The molecule has 150 heavy (non-hydrogen) atoms. The zero-order chi connectivity index (χ0) is 111. The summed E-state index contributed by atoms with van der Waals surface area (Å²) in [6.07, 6.45) is 1.87. The number of aromatic nitrogens is 1. The van der Waals surface area contributed by atoms with E-state index in [1.54, 1.807) is 88.5 Å². The highest BCUT2D eigenvalue weighted by Gasteiger charge is 2.48. The number of thiol groups is 2. The first-order chi connectivity index (χ1) is 71.3. The number of nitrogens with one attached hydrogen (secondary N) is 19. The summed E-state index contributed by atoms with van der Waals surface area (Å²) < 4.78 is 0. The Labute approximate surface area is 882 Å². The van der Waals surface area contributed by atoms with Gasteiger partial charge in [0.15, 0.2) is 11.9 Å². The molecule has 7 rings (SSSR count). The van der Waals surface area contributed by atoms with Crippen LogP contribution in [0.1, 0.15) is 174 Å². The summed E-state index contributed by atoms with van der Waals surface area (Å²) in [7, 11) is 0. The second-order valence-corrected chi connectivity index (χ2v) is 39.7. The number of para-hydroxylation sites is 1. The number of unbranched alkanes of at least 4 members (excludes halogenated alkanes) is 2. The number of carboxylic acids is 1. The number of hydrogen-bond donors (Lipinski definition) is 30. The van der Waals surface area contributed by atoms with Crippen LogP contribution in [0.2, 0.25) is 0 Å². The SMILES string of the molecule is CC(C)C[C@H](N)C(=O)N[C@H](C(=O)N[C@@H](CCCNC(=N)N)C(=O)NCC(=O)N[C@@H](CS)C(=O)N[C@@H](Cc1c[nH]c2ccccc12)C(=O)N[C@H](C(=O)N[C@@H](CCCCN)C(=O)N[C@@H](CO)C(=O)N[C@@H](Cc1ccc(O)cc1)C(=O)N1CCC[C@H]1C(=O)N1CCC[C@H]1C(=O)N[C@@H](CCCCN)C(=O)N1CCC[C@H]1C(=O)N[C@@H](CS)C(=O)N[C@@H](Cc1ccccc1)C(=O)N[C@H](C(=O)N[C@@H](CCCNC(=N)N)C(=O)O)C(C)C)[C@@H](C)O)C(C)C. The molecule has 4 heterocycles. The molecule has 828 valence electrons. The normalized spacial score (nSPS) is 17.4. The number of aliphatic carboxylic acids is 1. The Bertz CT molecular complexity index is 5260. The predicted octanol–water partition coefficient (Wildman–Crippen LogP) is -4.92. The van der Waals surface area contributed by atoms with Gasteiger partial charge in [-0.1, -0.05) is 102 Å². The number of hydrogen-bond acceptors (Lipinski definition) is 28. The number of H-pyrrole nitrogens is 1. The van der Waals surface area contributed by atoms with Crippen LogP contribution in [0.3, 0.4) is 0 Å². The Morgan fingerprint density at radius 2 is 0.847 bits per heavy atom. The quantitative estimate of drug-likeness (QED) is 0.00852. The average molecular weight is 2140 g/mol. The van der Waals surface area contributed by atoms with Gasteiger partial charge in [0.1, 0.15) is 102 Å². The molecule has 3 aromatic carbocycles. The Kier molecular flexibility index (Phi) is 51.2. The van der Waals surface area contributed by atoms with Crippen molar-refractivity contribution in [3.63, 3.8) is 0 Å². The summed E-state index contributed by atoms with van der Waals surface area (Å²) in [5, 5.41) is 99.7. The van der Waals surface area contributed by atoms with Crippen LogP contribution in [0.25, 0.3) is 10.9 Å². The number of likely N-dealkylation sites (tertiary alicyclic amines) is 3. The summed E-state index contributed by atoms with van der Waals surface area (Å²) in [6, 6.07) is -2.90. The number of carboxylic acid groups (broad SMARTS) is 1. The van der Waals surface area contributed by atoms with Crippen molar-refractivity contribution >= 4 is 154 Å². The second-order valence-electron chi connectivity index (χ2n) is 38.9. The lowest BCUT2D eigenvalue weighted by molar-refractivity contribution is -0.148. The van der Waals surface area contributed by atoms with E-state index in [1.165, 1.54) is 39.0 Å². The largest absolute Gasteiger partial charge is 0.508 e. The Hall–Kier alpha value is -13.5. The first-order valence-corrected chi connectivity index (χ1v) is 52.2. The number of nitrogens with two attached hydrogens (primary N) is 5. The number of phenolic OH excluding ortho intramolecular Hbond substituents is 1. The van der Waals surface area contributed by atoms with Crippen molar-refractivity contribution in [3.8, 4) is 5.75 Å². The summed E-state index contributed by atoms with van der Waals surface area (Å²) in [5.74, 6) is -18.6. The van der Waals surface area contributed by atoms with Crippen molar-refractivity contribution in [1.29, 1.82) is 10.8 Å². The first kappa shape index (κ1) is 123. The zero-order valence-electron chi connectivity index (χ0n) is 85.9. The number of nitrogens with zero attached hydrogens (tertiary/aromatic N) is 3. The molecule has 3 fully saturated rings. The van der Waals surface area contributed by atoms with Crippen LogP contribution in [-0.2, 0) is 106 Å². The summed E-state index contributed by atoms with van der Waals surface area (Å²) >= 11 is 8.73. The molecule has 4 aromatic rings. The van der Waals surface area contributed by atoms with E-state index in [1.807, 2.05) is 13.8 Å². The summed E-state index contributed by atoms with van der Waals surface area (Å²) in [6.45, 7) is 10.2. The second kappa shape index (κ2) is 62.2. The molecule has 33 N–H and O–H groups in total. The highest BCUT2D eigenvalue weighted by Crippen LogP contribution is 2.29. The molecule has 0 unspecified atom stereocenters. The standard InChI is InChI=1S/C99H153N27O22S2/c1-53(2)44-62(102)81(131)121-78(54(3)4)91(141)112-64(28-17-39-107-98(103)104)82(132)110-49-77(130)111-72(51-149)87(137)117-69(47-59-48-109-63-25-12-11-24-61(59)63)85(135)123-80(56(7)128)93(143)113-65(26-13-15-37-100)83(133)119-71(50-127)86(136)118-70(46-58-33-35-60(129)36-34-58)95(145)126-43-21-32-76(126)96(146)125-42-20-31-75(125)89(139)114-66(27-14-16-38-101)94(144)124-41-19-30-74(124)90(140)120-73(52-150)88(138)116-68(45-57-22-9-8-10-23-57)84(134)122-79(55(5)6)92(142)115-67(97(147)148)29-18-40-108-99(105)106/h8-12,22-25,33-36,48,53-56,62,64-76,78-80,109,127-129,149-150H,13-21,26-32,37-47,49-52,100-102H2,1-7H3,(H,110,132)(H,111,130)(H,112,141)(H,113,143)(H,114,139)(H,115,142)(H,116,138)(H,117,137)(H,118,136)(H,119,133)(H,120,140)(H,121,131)(H,122,134)(H,123,135)(H,147,148)(H4,103,104,107)(H4,105,106,108)/t56-,62+,64+,65+,66+,67+,68+,69+,70+,71+,72+,73+,74+,75+,76+,78+,79+,80+/m1/s1. The number of fused-ring (bicyclic) bond motifs is 1. The minimum Gasteiger partial charge on any atom is -0.508 e. The van der Waals surface area contributed by atoms with Gasteiger partial charge in [-0.3, -0.25) is 92.3 Å². The van der Waals surface area contributed by atoms with E-state index >= 15 is 14.4 Å². The van der Waals surface area contributed by atoms with Gasteiger partial charge in [-0.15, -0.1) is 0 Å². The zero-order valence-corrected chi connectivity index (χ0v) is 87.7. The lowest BCUT2D eigenvalue weighted by Crippen LogP contribution is -2.62. The van der Waals surface area contributed by atoms with E-state index in [2.05, 4.69) is 115 Å². The molecular formula is C99H153N27O22S2. The van der Waals surface area contributed by atoms with Crippen molar-refractivity contribution < 1.29 is 107 Å². The van der Waals surface area contributed by atoms with Crippen molar-refractivity contribution in [1.82, 2.24) is 105 Å². The van der Waals surface area contributed by atoms with Crippen LogP contribution < -0.4 is 114 Å². The third kappa shape index (κ3) is 38.5. The fraction of sp³-hybridized carbons (Fsp3) is 0.596. The molecule has 49 nitrogen and oxygen atoms in total. The topological polar surface area (TPSA) is 784 Å². The van der Waals surface area contributed by atoms with Gasteiger partial charge in [0.05, 0.1) is 25.3 Å². The van der Waals surface area contributed by atoms with E-state index in [9.17, 15) is 92.3 Å². The maximum absolute atomic E-state index is 15.4. The lowest BCUT2D eigenvalue weighted by Gasteiger charge is -2.34. The van der Waals surface area contributed by atoms with Gasteiger partial charge in [-0.2, -0.15) is 25.3 Å². The van der Waals surface area contributed by atoms with Gasteiger partial charge in [0.2, 0.25) is 100 Å². The van der Waals surface area contributed by atoms with Crippen molar-refractivity contribution in [2.75, 3.05) is 70.5 Å². The van der Waals surface area contributed by atoms with Gasteiger partial charge in [0.25, 0.3) is 0 Å². The molecule has 3 aliphatic heterocycles. The van der Waals surface area contributed by atoms with E-state index in [4.69, 9.17) is 39.5 Å². The lowest BCUT2D eigenvalue weighted by atomic mass is 10.00. The average Bonchev–Trinajstić information content (AvgIpc) is 1.64. The van der Waals surface area contributed by atoms with Gasteiger partial charge in [-0.05, 0) is 182 Å². The molecule has 0 aliphatic carbocycles. The van der Waals surface area contributed by atoms with Crippen LogP contribution in [0.5, 0.6) is 5.75 Å². The number of aliphatic hydroxyl groups excluding tert-OH is 2. The number of aliphatic hydroxyl groups is 2. The molecule has 0 saturated carbocycles. The smallest absolute Gasteiger partial charge is 0.326 e. The maximum atomic E-state index is 15.4. The van der Waals surface area contributed by atoms with E-state index < -0.39 is 246 Å². The third-order valence-corrected chi connectivity index (χ3v) is 26.7. The molecule has 1 aromatic heterocycles. The third-order valence-electron chi connectivity index (χ3n) is 26.0. The van der Waals surface area contributed by atoms with Crippen LogP contribution in [-0.4, -0.2) is 338 Å². The number of aromatic hydroxyl groups is 1. The molecule has 51 heteroatoms. The monoisotopic (exact) mass is 2140 g/mol. The number of phenols is 1. The molecule has 0 bridgehead atoms. The number of aromatic amines is 1. The van der Waals surface area contributed by atoms with Gasteiger partial charge >= 0.3 is 5.97 Å². The van der Waals surface area contributed by atoms with Gasteiger partial charge in [0, 0.05) is 80.6 Å². The molecule has 0 spiro atoms. The predicted molar refractivity (Wildman–Crippen MR) is 562 cm³/mol. The molecule has 18 atom stereocenters. The van der Waals surface area contributed by atoms with Crippen molar-refractivity contribution in [2.24, 2.45) is 46.4 Å². The highest BCUT2D eigenvalue weighted by atomic mass is 32.1. The molecular weight excluding hydrogens is 1980 g/mol. The van der Waals surface area contributed by atoms with E-state index in [0.717, 1.165) is 6.92 Å². The number of amides is 17. The van der Waals surface area contributed by atoms with Crippen molar-refractivity contribution in [3.05, 3.63) is 102 Å². The molecule has 3 saturated heterocycles. The number of rotatable bonds is 62. The van der Waals surface area contributed by atoms with E-state index in [-0.39, 0.29) is 171 Å². The van der Waals surface area contributed by atoms with Crippen LogP contribution >= 0.6 is 25.3 Å². The summed E-state index contributed by atoms with van der Waals surface area (Å²) in [4.78, 5) is 265. The number of guanidine groups is 2. The van der Waals surface area contributed by atoms with Crippen molar-refractivity contribution in [2.45, 2.75) is 286 Å². The van der Waals surface area contributed by atoms with Gasteiger partial charge < -0.3 is 154 Å². The van der Waals surface area contributed by atoms with Crippen LogP contribution in [0.15, 0.2) is 85.1 Å². The summed E-state index contributed by atoms with van der Waals surface area (Å²) in [5.41, 5.74) is 30.8. The Morgan fingerprint density at radius 3 is 1.38 bits per heavy atom. The number of carbonyl (C=O) groups excluding carboxylic acids is 17. The molecule has 3 aliphatic rings. The molecule has 0 radical (unpaired) electrons. The Balaban J connectivity index is 1.03. The molecule has 17 amide bonds.